The van der Waals surface area contributed by atoms with Crippen molar-refractivity contribution in [2.24, 2.45) is 0 Å². The average molecular weight is 300 g/mol. The van der Waals surface area contributed by atoms with Crippen LogP contribution in [0.2, 0.25) is 0 Å². The monoisotopic (exact) mass is 300 g/mol. The number of hydrogen-bond donors (Lipinski definition) is 1. The lowest BCUT2D eigenvalue weighted by atomic mass is 10.0. The van der Waals surface area contributed by atoms with Gasteiger partial charge in [0.1, 0.15) is 5.60 Å². The van der Waals surface area contributed by atoms with E-state index < -0.39 is 11.2 Å². The van der Waals surface area contributed by atoms with Crippen molar-refractivity contribution in [2.75, 3.05) is 45.7 Å². The molecule has 1 fully saturated rings. The van der Waals surface area contributed by atoms with E-state index in [4.69, 9.17) is 4.74 Å². The van der Waals surface area contributed by atoms with Crippen LogP contribution in [0.1, 0.15) is 26.1 Å². The molecule has 2 rings (SSSR count). The first-order valence-electron chi connectivity index (χ1n) is 6.77. The molecule has 6 nitrogen and oxygen atoms in total. The molecule has 0 aliphatic carbocycles. The van der Waals surface area contributed by atoms with Crippen LogP contribution >= 0.6 is 11.5 Å². The van der Waals surface area contributed by atoms with E-state index in [0.29, 0.717) is 18.9 Å². The van der Waals surface area contributed by atoms with Crippen LogP contribution in [0.3, 0.4) is 0 Å². The number of anilines is 1. The lowest BCUT2D eigenvalue weighted by Gasteiger charge is -2.26. The molecule has 0 amide bonds. The number of β-amino-alcohol motifs (C(OH)–C–C–N with tert-alkyl or cyclic N) is 1. The van der Waals surface area contributed by atoms with Gasteiger partial charge < -0.3 is 19.6 Å². The summed E-state index contributed by atoms with van der Waals surface area (Å²) < 4.78 is 9.78. The first-order valence-corrected chi connectivity index (χ1v) is 7.54. The zero-order valence-electron chi connectivity index (χ0n) is 12.9. The molecule has 1 atom stereocenters. The van der Waals surface area contributed by atoms with E-state index >= 15 is 0 Å². The van der Waals surface area contributed by atoms with Crippen LogP contribution in [-0.4, -0.2) is 65.8 Å². The molecule has 0 saturated carbocycles. The number of ether oxygens (including phenoxy) is 1. The highest BCUT2D eigenvalue weighted by Crippen LogP contribution is 2.31. The van der Waals surface area contributed by atoms with Gasteiger partial charge in [0.25, 0.3) is 0 Å². The van der Waals surface area contributed by atoms with Crippen LogP contribution in [0.5, 0.6) is 0 Å². The molecule has 0 aromatic carbocycles. The van der Waals surface area contributed by atoms with Crippen molar-refractivity contribution in [1.29, 1.82) is 0 Å². The summed E-state index contributed by atoms with van der Waals surface area (Å²) in [6, 6.07) is 0. The molecule has 1 aromatic heterocycles. The van der Waals surface area contributed by atoms with Gasteiger partial charge in [0, 0.05) is 31.7 Å². The van der Waals surface area contributed by atoms with Gasteiger partial charge >= 0.3 is 0 Å². The van der Waals surface area contributed by atoms with Crippen molar-refractivity contribution in [2.45, 2.75) is 31.5 Å². The number of aromatic nitrogens is 2. The van der Waals surface area contributed by atoms with Crippen LogP contribution in [-0.2, 0) is 10.3 Å². The number of rotatable bonds is 5. The van der Waals surface area contributed by atoms with Gasteiger partial charge in [-0.1, -0.05) is 0 Å². The molecule has 1 aliphatic rings. The summed E-state index contributed by atoms with van der Waals surface area (Å²) in [4.78, 5) is 8.69. The smallest absolute Gasteiger partial charge is 0.205 e. The third-order valence-corrected chi connectivity index (χ3v) is 4.45. The van der Waals surface area contributed by atoms with Gasteiger partial charge in [0.05, 0.1) is 12.1 Å². The maximum absolute atomic E-state index is 10.6. The second-order valence-corrected chi connectivity index (χ2v) is 6.98. The lowest BCUT2D eigenvalue weighted by Crippen LogP contribution is -2.42. The fourth-order valence-corrected chi connectivity index (χ4v) is 3.24. The Morgan fingerprint density at radius 1 is 1.50 bits per heavy atom. The molecule has 1 N–H and O–H groups in total. The molecule has 1 saturated heterocycles. The largest absolute Gasteiger partial charge is 0.387 e. The van der Waals surface area contributed by atoms with Gasteiger partial charge in [-0.05, 0) is 34.4 Å². The van der Waals surface area contributed by atoms with Crippen molar-refractivity contribution >= 4 is 16.7 Å². The molecule has 1 aliphatic heterocycles. The molecule has 1 aromatic rings. The molecular weight excluding hydrogens is 276 g/mol. The highest BCUT2D eigenvalue weighted by Gasteiger charge is 2.38. The predicted octanol–water partition coefficient (Wildman–Crippen LogP) is 0.922. The third kappa shape index (κ3) is 3.28. The maximum atomic E-state index is 10.6. The van der Waals surface area contributed by atoms with Crippen LogP contribution in [0.25, 0.3) is 0 Å². The Bertz CT molecular complexity index is 463. The summed E-state index contributed by atoms with van der Waals surface area (Å²) in [5.74, 6) is 0.697. The minimum Gasteiger partial charge on any atom is -0.387 e. The highest BCUT2D eigenvalue weighted by atomic mass is 32.1. The van der Waals surface area contributed by atoms with E-state index in [1.807, 2.05) is 32.8 Å². The minimum absolute atomic E-state index is 0.478. The summed E-state index contributed by atoms with van der Waals surface area (Å²) in [5, 5.41) is 11.4. The molecular formula is C13H24N4O2S. The van der Waals surface area contributed by atoms with Crippen molar-refractivity contribution < 1.29 is 9.84 Å². The Hall–Kier alpha value is -0.760. The molecule has 2 heterocycles. The van der Waals surface area contributed by atoms with Gasteiger partial charge in [-0.2, -0.15) is 4.37 Å². The molecule has 0 radical (unpaired) electrons. The van der Waals surface area contributed by atoms with Crippen molar-refractivity contribution in [3.63, 3.8) is 0 Å². The van der Waals surface area contributed by atoms with Crippen molar-refractivity contribution in [3.8, 4) is 0 Å². The highest BCUT2D eigenvalue weighted by molar-refractivity contribution is 7.09. The number of methoxy groups -OCH3 is 1. The fraction of sp³-hybridized carbons (Fsp3) is 0.846. The number of nitrogens with zero attached hydrogens (tertiary/aromatic N) is 4. The average Bonchev–Trinajstić information content (AvgIpc) is 2.95. The normalized spacial score (nSPS) is 23.9. The van der Waals surface area contributed by atoms with Crippen LogP contribution in [0.15, 0.2) is 0 Å². The summed E-state index contributed by atoms with van der Waals surface area (Å²) >= 11 is 1.37. The minimum atomic E-state index is -0.661. The SMILES string of the molecule is COC(C)(C)c1nsc(N2CCC(O)(CN(C)C)C2)n1. The summed E-state index contributed by atoms with van der Waals surface area (Å²) in [6.07, 6.45) is 0.758. The molecule has 7 heteroatoms. The Kier molecular flexibility index (Phi) is 4.34. The molecule has 0 spiro atoms. The fourth-order valence-electron chi connectivity index (χ4n) is 2.42. The van der Waals surface area contributed by atoms with E-state index in [1.54, 1.807) is 7.11 Å². The summed E-state index contributed by atoms with van der Waals surface area (Å²) in [7, 11) is 5.61. The summed E-state index contributed by atoms with van der Waals surface area (Å²) in [5.41, 5.74) is -1.14. The molecule has 1 unspecified atom stereocenters. The van der Waals surface area contributed by atoms with E-state index in [2.05, 4.69) is 14.3 Å². The number of likely N-dealkylation sites (N-methyl/N-ethyl adjacent to an activating group) is 1. The molecule has 20 heavy (non-hydrogen) atoms. The van der Waals surface area contributed by atoms with Crippen LogP contribution in [0.4, 0.5) is 5.13 Å². The Labute approximate surface area is 124 Å². The van der Waals surface area contributed by atoms with Crippen molar-refractivity contribution in [3.05, 3.63) is 5.82 Å². The quantitative estimate of drug-likeness (QED) is 0.872. The van der Waals surface area contributed by atoms with E-state index in [1.165, 1.54) is 11.5 Å². The van der Waals surface area contributed by atoms with Gasteiger partial charge in [-0.25, -0.2) is 4.98 Å². The second-order valence-electron chi connectivity index (χ2n) is 6.25. The number of hydrogen-bond acceptors (Lipinski definition) is 7. The third-order valence-electron chi connectivity index (χ3n) is 3.68. The molecule has 114 valence electrons. The molecule has 0 bridgehead atoms. The van der Waals surface area contributed by atoms with Crippen molar-refractivity contribution in [1.82, 2.24) is 14.3 Å². The van der Waals surface area contributed by atoms with Crippen LogP contribution in [0, 0.1) is 0 Å². The van der Waals surface area contributed by atoms with E-state index in [9.17, 15) is 5.11 Å². The van der Waals surface area contributed by atoms with E-state index in [0.717, 1.165) is 18.1 Å². The standard InChI is InChI=1S/C13H24N4O2S/c1-12(2,19-5)10-14-11(20-15-10)17-7-6-13(18,9-17)8-16(3)4/h18H,6-9H2,1-5H3. The van der Waals surface area contributed by atoms with Gasteiger partial charge in [-0.3, -0.25) is 0 Å². The zero-order chi connectivity index (χ0) is 15.0. The topological polar surface area (TPSA) is 61.7 Å². The Balaban J connectivity index is 2.08. The maximum Gasteiger partial charge on any atom is 0.205 e. The number of aliphatic hydroxyl groups is 1. The van der Waals surface area contributed by atoms with E-state index in [-0.39, 0.29) is 0 Å². The van der Waals surface area contributed by atoms with Gasteiger partial charge in [-0.15, -0.1) is 0 Å². The first kappa shape index (κ1) is 15.6. The summed E-state index contributed by atoms with van der Waals surface area (Å²) in [6.45, 7) is 5.98. The second kappa shape index (κ2) is 5.55. The lowest BCUT2D eigenvalue weighted by molar-refractivity contribution is 0.0125. The predicted molar refractivity (Wildman–Crippen MR) is 80.3 cm³/mol. The Morgan fingerprint density at radius 3 is 2.80 bits per heavy atom. The van der Waals surface area contributed by atoms with Gasteiger partial charge in [0.15, 0.2) is 5.82 Å². The zero-order valence-corrected chi connectivity index (χ0v) is 13.7. The first-order chi connectivity index (χ1) is 9.26. The Morgan fingerprint density at radius 2 is 2.20 bits per heavy atom. The van der Waals surface area contributed by atoms with Crippen LogP contribution < -0.4 is 4.90 Å². The van der Waals surface area contributed by atoms with Gasteiger partial charge in [0.2, 0.25) is 5.13 Å².